The summed E-state index contributed by atoms with van der Waals surface area (Å²) in [6.45, 7) is 0. The van der Waals surface area contributed by atoms with Gasteiger partial charge in [-0.05, 0) is 42.0 Å². The lowest BCUT2D eigenvalue weighted by molar-refractivity contribution is -0.385. The molecular formula is C21H12BrN5O5S. The van der Waals surface area contributed by atoms with Crippen molar-refractivity contribution in [3.05, 3.63) is 103 Å². The van der Waals surface area contributed by atoms with Crippen LogP contribution in [0.3, 0.4) is 0 Å². The van der Waals surface area contributed by atoms with E-state index in [-0.39, 0.29) is 22.1 Å². The van der Waals surface area contributed by atoms with Crippen LogP contribution in [0.25, 0.3) is 10.2 Å². The van der Waals surface area contributed by atoms with Crippen LogP contribution in [-0.2, 0) is 0 Å². The van der Waals surface area contributed by atoms with Crippen molar-refractivity contribution in [3.63, 3.8) is 0 Å². The van der Waals surface area contributed by atoms with Crippen LogP contribution in [0.15, 0.2) is 76.3 Å². The second-order valence-electron chi connectivity index (χ2n) is 6.63. The first kappa shape index (κ1) is 22.2. The van der Waals surface area contributed by atoms with Gasteiger partial charge in [-0.2, -0.15) is 10.1 Å². The van der Waals surface area contributed by atoms with Crippen molar-refractivity contribution < 1.29 is 14.6 Å². The molecule has 0 spiro atoms. The number of hydrogen-bond donors (Lipinski definition) is 0. The van der Waals surface area contributed by atoms with Gasteiger partial charge in [-0.25, -0.2) is 4.98 Å². The molecule has 0 atom stereocenters. The predicted molar refractivity (Wildman–Crippen MR) is 128 cm³/mol. The van der Waals surface area contributed by atoms with Crippen LogP contribution in [-0.4, -0.2) is 27.0 Å². The molecule has 1 aromatic heterocycles. The van der Waals surface area contributed by atoms with Crippen molar-refractivity contribution in [2.45, 2.75) is 0 Å². The highest BCUT2D eigenvalue weighted by Gasteiger charge is 2.23. The minimum absolute atomic E-state index is 0.0606. The molecule has 0 aliphatic carbocycles. The molecule has 0 N–H and O–H groups in total. The maximum Gasteiger partial charge on any atom is 0.281 e. The average Bonchev–Trinajstić information content (AvgIpc) is 3.22. The topological polar surface area (TPSA) is 132 Å². The van der Waals surface area contributed by atoms with Gasteiger partial charge >= 0.3 is 0 Å². The number of aromatic nitrogens is 1. The molecule has 0 saturated carbocycles. The third-order valence-corrected chi connectivity index (χ3v) is 5.93. The largest absolute Gasteiger partial charge is 0.281 e. The number of hydrazone groups is 1. The highest BCUT2D eigenvalue weighted by molar-refractivity contribution is 9.10. The van der Waals surface area contributed by atoms with E-state index < -0.39 is 15.8 Å². The van der Waals surface area contributed by atoms with Gasteiger partial charge in [0.25, 0.3) is 17.3 Å². The molecule has 0 saturated heterocycles. The van der Waals surface area contributed by atoms with Crippen LogP contribution in [0.2, 0.25) is 0 Å². The Bertz CT molecular complexity index is 1420. The molecule has 0 aliphatic heterocycles. The smallest absolute Gasteiger partial charge is 0.267 e. The van der Waals surface area contributed by atoms with Gasteiger partial charge in [-0.1, -0.05) is 33.3 Å². The SMILES string of the molecule is O=C(c1cccc([N+](=O)[O-])c1)N(/N=C/c1ccc([N+](=O)[O-])cc1)c1nc2ccc(Br)cc2s1. The molecule has 0 radical (unpaired) electrons. The molecule has 10 nitrogen and oxygen atoms in total. The van der Waals surface area contributed by atoms with Gasteiger partial charge in [0.05, 0.1) is 26.3 Å². The Morgan fingerprint density at radius 1 is 1.00 bits per heavy atom. The number of carbonyl (C=O) groups is 1. The molecular weight excluding hydrogens is 514 g/mol. The Morgan fingerprint density at radius 2 is 1.73 bits per heavy atom. The zero-order chi connectivity index (χ0) is 23.5. The highest BCUT2D eigenvalue weighted by atomic mass is 79.9. The molecule has 12 heteroatoms. The number of hydrogen-bond acceptors (Lipinski definition) is 8. The number of rotatable bonds is 6. The predicted octanol–water partition coefficient (Wildman–Crippen LogP) is 5.56. The van der Waals surface area contributed by atoms with Crippen molar-refractivity contribution in [1.29, 1.82) is 0 Å². The van der Waals surface area contributed by atoms with E-state index in [0.29, 0.717) is 11.1 Å². The first-order valence-electron chi connectivity index (χ1n) is 9.25. The number of nitro groups is 2. The lowest BCUT2D eigenvalue weighted by Gasteiger charge is -2.13. The Hall–Kier alpha value is -4.03. The summed E-state index contributed by atoms with van der Waals surface area (Å²) in [4.78, 5) is 38.7. The normalized spacial score (nSPS) is 11.1. The molecule has 4 rings (SSSR count). The van der Waals surface area contributed by atoms with Gasteiger partial charge in [-0.15, -0.1) is 0 Å². The summed E-state index contributed by atoms with van der Waals surface area (Å²) in [5.41, 5.74) is 0.925. The van der Waals surface area contributed by atoms with Crippen molar-refractivity contribution >= 4 is 66.1 Å². The number of anilines is 1. The zero-order valence-corrected chi connectivity index (χ0v) is 18.9. The van der Waals surface area contributed by atoms with E-state index in [1.54, 1.807) is 6.07 Å². The van der Waals surface area contributed by atoms with Crippen LogP contribution in [0.5, 0.6) is 0 Å². The van der Waals surface area contributed by atoms with E-state index in [1.165, 1.54) is 66.1 Å². The monoisotopic (exact) mass is 525 g/mol. The van der Waals surface area contributed by atoms with Crippen molar-refractivity contribution in [1.82, 2.24) is 4.98 Å². The van der Waals surface area contributed by atoms with Gasteiger partial charge < -0.3 is 0 Å². The molecule has 0 aliphatic rings. The fraction of sp³-hybridized carbons (Fsp3) is 0. The zero-order valence-electron chi connectivity index (χ0n) is 16.5. The summed E-state index contributed by atoms with van der Waals surface area (Å²) in [6, 6.07) is 16.4. The number of carbonyl (C=O) groups excluding carboxylic acids is 1. The molecule has 3 aromatic carbocycles. The van der Waals surface area contributed by atoms with Gasteiger partial charge in [0.15, 0.2) is 0 Å². The molecule has 0 bridgehead atoms. The van der Waals surface area contributed by atoms with Crippen molar-refractivity contribution in [2.24, 2.45) is 5.10 Å². The number of thiazole rings is 1. The Kier molecular flexibility index (Phi) is 6.20. The third-order valence-electron chi connectivity index (χ3n) is 4.44. The van der Waals surface area contributed by atoms with E-state index in [0.717, 1.165) is 14.2 Å². The molecule has 1 heterocycles. The second-order valence-corrected chi connectivity index (χ2v) is 8.55. The van der Waals surface area contributed by atoms with E-state index in [9.17, 15) is 25.0 Å². The number of fused-ring (bicyclic) bond motifs is 1. The van der Waals surface area contributed by atoms with E-state index >= 15 is 0 Å². The van der Waals surface area contributed by atoms with Crippen LogP contribution >= 0.6 is 27.3 Å². The van der Waals surface area contributed by atoms with Crippen molar-refractivity contribution in [2.75, 3.05) is 5.01 Å². The highest BCUT2D eigenvalue weighted by Crippen LogP contribution is 2.32. The third kappa shape index (κ3) is 4.91. The van der Waals surface area contributed by atoms with Crippen LogP contribution in [0, 0.1) is 20.2 Å². The van der Waals surface area contributed by atoms with Crippen LogP contribution < -0.4 is 5.01 Å². The van der Waals surface area contributed by atoms with Gasteiger partial charge in [-0.3, -0.25) is 25.0 Å². The molecule has 1 amide bonds. The average molecular weight is 526 g/mol. The van der Waals surface area contributed by atoms with E-state index in [2.05, 4.69) is 26.0 Å². The summed E-state index contributed by atoms with van der Waals surface area (Å²) in [5.74, 6) is -0.616. The molecule has 164 valence electrons. The summed E-state index contributed by atoms with van der Waals surface area (Å²) in [6.07, 6.45) is 1.36. The fourth-order valence-electron chi connectivity index (χ4n) is 2.85. The Balaban J connectivity index is 1.75. The van der Waals surface area contributed by atoms with Crippen LogP contribution in [0.1, 0.15) is 15.9 Å². The lowest BCUT2D eigenvalue weighted by atomic mass is 10.2. The molecule has 0 fully saturated rings. The van der Waals surface area contributed by atoms with Gasteiger partial charge in [0.2, 0.25) is 5.13 Å². The lowest BCUT2D eigenvalue weighted by Crippen LogP contribution is -2.25. The Morgan fingerprint density at radius 3 is 2.42 bits per heavy atom. The van der Waals surface area contributed by atoms with E-state index in [1.807, 2.05) is 12.1 Å². The standard InChI is InChI=1S/C21H12BrN5O5S/c22-15-6-9-18-19(11-15)33-21(24-18)25(20(28)14-2-1-3-17(10-14)27(31)32)23-12-13-4-7-16(8-5-13)26(29)30/h1-12H/b23-12+. The van der Waals surface area contributed by atoms with Crippen molar-refractivity contribution in [3.8, 4) is 0 Å². The maximum absolute atomic E-state index is 13.3. The number of nitrogens with zero attached hydrogens (tertiary/aromatic N) is 5. The number of halogens is 1. The summed E-state index contributed by atoms with van der Waals surface area (Å²) < 4.78 is 1.65. The minimum Gasteiger partial charge on any atom is -0.267 e. The molecule has 0 unspecified atom stereocenters. The quantitative estimate of drug-likeness (QED) is 0.184. The number of nitro benzene ring substituents is 2. The summed E-state index contributed by atoms with van der Waals surface area (Å²) >= 11 is 4.62. The number of benzene rings is 3. The van der Waals surface area contributed by atoms with Gasteiger partial charge in [0.1, 0.15) is 0 Å². The van der Waals surface area contributed by atoms with Gasteiger partial charge in [0, 0.05) is 34.3 Å². The number of non-ortho nitro benzene ring substituents is 2. The fourth-order valence-corrected chi connectivity index (χ4v) is 4.32. The molecule has 4 aromatic rings. The summed E-state index contributed by atoms with van der Waals surface area (Å²) in [7, 11) is 0. The first-order valence-corrected chi connectivity index (χ1v) is 10.9. The van der Waals surface area contributed by atoms with E-state index in [4.69, 9.17) is 0 Å². The number of amides is 1. The Labute approximate surface area is 198 Å². The summed E-state index contributed by atoms with van der Waals surface area (Å²) in [5, 5.41) is 27.6. The maximum atomic E-state index is 13.3. The minimum atomic E-state index is -0.616. The van der Waals surface area contributed by atoms with Crippen LogP contribution in [0.4, 0.5) is 16.5 Å². The molecule has 33 heavy (non-hydrogen) atoms. The second kappa shape index (κ2) is 9.22. The first-order chi connectivity index (χ1) is 15.8.